The Morgan fingerprint density at radius 2 is 1.97 bits per heavy atom. The smallest absolute Gasteiger partial charge is 0.317 e. The van der Waals surface area contributed by atoms with Crippen LogP contribution in [0.3, 0.4) is 0 Å². The molecule has 0 unspecified atom stereocenters. The van der Waals surface area contributed by atoms with Gasteiger partial charge in [-0.15, -0.1) is 0 Å². The summed E-state index contributed by atoms with van der Waals surface area (Å²) >= 11 is 5.92. The van der Waals surface area contributed by atoms with Crippen molar-refractivity contribution >= 4 is 34.4 Å². The molecule has 0 aliphatic carbocycles. The number of likely N-dealkylation sites (N-methyl/N-ethyl adjacent to an activating group) is 1. The molecule has 3 N–H and O–H groups in total. The highest BCUT2D eigenvalue weighted by Crippen LogP contribution is 2.20. The molecule has 0 spiro atoms. The van der Waals surface area contributed by atoms with Gasteiger partial charge in [-0.3, -0.25) is 9.78 Å². The van der Waals surface area contributed by atoms with Crippen LogP contribution in [0.5, 0.6) is 0 Å². The minimum Gasteiger partial charge on any atom is -0.463 e. The fourth-order valence-corrected chi connectivity index (χ4v) is 3.85. The van der Waals surface area contributed by atoms with Gasteiger partial charge >= 0.3 is 12.0 Å². The Morgan fingerprint density at radius 1 is 1.19 bits per heavy atom. The molecule has 3 rings (SSSR count). The first-order valence-electron chi connectivity index (χ1n) is 11.6. The van der Waals surface area contributed by atoms with E-state index in [4.69, 9.17) is 16.3 Å². The van der Waals surface area contributed by atoms with Crippen molar-refractivity contribution in [2.24, 2.45) is 0 Å². The Balaban J connectivity index is 1.55. The van der Waals surface area contributed by atoms with Crippen molar-refractivity contribution in [3.8, 4) is 0 Å². The molecule has 1 heterocycles. The first-order valence-corrected chi connectivity index (χ1v) is 12.0. The van der Waals surface area contributed by atoms with Crippen LogP contribution in [0.25, 0.3) is 10.8 Å². The van der Waals surface area contributed by atoms with E-state index in [1.807, 2.05) is 0 Å². The largest absolute Gasteiger partial charge is 0.463 e. The van der Waals surface area contributed by atoms with Crippen LogP contribution < -0.4 is 5.32 Å². The number of esters is 1. The van der Waals surface area contributed by atoms with Crippen molar-refractivity contribution in [3.05, 3.63) is 76.6 Å². The summed E-state index contributed by atoms with van der Waals surface area (Å²) in [4.78, 5) is 30.6. The van der Waals surface area contributed by atoms with Gasteiger partial charge in [0.2, 0.25) is 0 Å². The SMILES string of the molecule is CN(C(=O)NCc1cccc(F)c1Cl)[C@H](COC(=O)CCc1cc2cc(F)ccc2cn1)C[C@@H](O)CO. The number of hydrogen-bond donors (Lipinski definition) is 3. The maximum absolute atomic E-state index is 13.6. The second-order valence-electron chi connectivity index (χ2n) is 8.56. The second kappa shape index (κ2) is 13.3. The minimum atomic E-state index is -1.14. The second-order valence-corrected chi connectivity index (χ2v) is 8.94. The van der Waals surface area contributed by atoms with Gasteiger partial charge in [0.25, 0.3) is 0 Å². The summed E-state index contributed by atoms with van der Waals surface area (Å²) in [5.74, 6) is -1.53. The van der Waals surface area contributed by atoms with E-state index in [2.05, 4.69) is 10.3 Å². The quantitative estimate of drug-likeness (QED) is 0.324. The standard InChI is InChI=1S/C26H28ClF2N3O5/c1-32(26(36)31-13-17-3-2-4-23(29)25(17)27)21(11-22(34)14-33)15-37-24(35)8-7-20-10-18-9-19(28)6-5-16(18)12-30-20/h2-6,9-10,12,21-22,33-34H,7-8,11,13-15H2,1H3,(H,31,36)/t21-,22+/m0/s1. The predicted molar refractivity (Wildman–Crippen MR) is 134 cm³/mol. The summed E-state index contributed by atoms with van der Waals surface area (Å²) in [6, 6.07) is 8.98. The van der Waals surface area contributed by atoms with Gasteiger partial charge in [-0.05, 0) is 47.7 Å². The Morgan fingerprint density at radius 3 is 2.73 bits per heavy atom. The highest BCUT2D eigenvalue weighted by Gasteiger charge is 2.24. The summed E-state index contributed by atoms with van der Waals surface area (Å²) in [6.07, 6.45) is 0.675. The van der Waals surface area contributed by atoms with Crippen LogP contribution in [0.15, 0.2) is 48.7 Å². The zero-order chi connectivity index (χ0) is 26.9. The Labute approximate surface area is 217 Å². The Hall–Kier alpha value is -3.34. The van der Waals surface area contributed by atoms with Crippen molar-refractivity contribution in [2.45, 2.75) is 38.0 Å². The molecule has 0 bridgehead atoms. The van der Waals surface area contributed by atoms with E-state index < -0.39 is 36.6 Å². The summed E-state index contributed by atoms with van der Waals surface area (Å²) in [6.45, 7) is -0.804. The number of fused-ring (bicyclic) bond motifs is 1. The molecule has 2 atom stereocenters. The van der Waals surface area contributed by atoms with Crippen LogP contribution >= 0.6 is 11.6 Å². The molecular formula is C26H28ClF2N3O5. The molecule has 2 amide bonds. The molecule has 8 nitrogen and oxygen atoms in total. The lowest BCUT2D eigenvalue weighted by Crippen LogP contribution is -2.47. The topological polar surface area (TPSA) is 112 Å². The van der Waals surface area contributed by atoms with Crippen LogP contribution in [0.2, 0.25) is 5.02 Å². The number of aryl methyl sites for hydroxylation is 1. The number of aliphatic hydroxyl groups excluding tert-OH is 2. The average Bonchev–Trinajstić information content (AvgIpc) is 2.89. The van der Waals surface area contributed by atoms with E-state index in [-0.39, 0.29) is 43.3 Å². The first-order chi connectivity index (χ1) is 17.7. The molecule has 37 heavy (non-hydrogen) atoms. The molecule has 0 aliphatic rings. The molecular weight excluding hydrogens is 508 g/mol. The average molecular weight is 536 g/mol. The molecule has 1 aromatic heterocycles. The van der Waals surface area contributed by atoms with E-state index in [1.54, 1.807) is 24.4 Å². The number of aliphatic hydroxyl groups is 2. The number of amides is 2. The number of rotatable bonds is 11. The lowest BCUT2D eigenvalue weighted by Gasteiger charge is -2.29. The Kier molecular flexibility index (Phi) is 10.1. The van der Waals surface area contributed by atoms with Crippen LogP contribution in [0, 0.1) is 11.6 Å². The molecule has 0 saturated carbocycles. The van der Waals surface area contributed by atoms with Gasteiger partial charge in [0, 0.05) is 37.3 Å². The normalized spacial score (nSPS) is 12.7. The number of carbonyl (C=O) groups excluding carboxylic acids is 2. The summed E-state index contributed by atoms with van der Waals surface area (Å²) in [5, 5.41) is 23.1. The third kappa shape index (κ3) is 8.08. The van der Waals surface area contributed by atoms with Crippen molar-refractivity contribution in [1.29, 1.82) is 0 Å². The number of ether oxygens (including phenoxy) is 1. The summed E-state index contributed by atoms with van der Waals surface area (Å²) < 4.78 is 32.4. The lowest BCUT2D eigenvalue weighted by atomic mass is 10.1. The number of halogens is 3. The zero-order valence-corrected chi connectivity index (χ0v) is 20.9. The highest BCUT2D eigenvalue weighted by molar-refractivity contribution is 6.31. The number of benzene rings is 2. The zero-order valence-electron chi connectivity index (χ0n) is 20.2. The van der Waals surface area contributed by atoms with Crippen molar-refractivity contribution in [1.82, 2.24) is 15.2 Å². The van der Waals surface area contributed by atoms with Gasteiger partial charge in [-0.2, -0.15) is 0 Å². The van der Waals surface area contributed by atoms with Gasteiger partial charge in [0.15, 0.2) is 0 Å². The fourth-order valence-electron chi connectivity index (χ4n) is 3.66. The predicted octanol–water partition coefficient (Wildman–Crippen LogP) is 3.60. The molecule has 3 aromatic rings. The number of pyridine rings is 1. The third-order valence-electron chi connectivity index (χ3n) is 5.85. The monoisotopic (exact) mass is 535 g/mol. The summed E-state index contributed by atoms with van der Waals surface area (Å²) in [5.41, 5.74) is 0.974. The minimum absolute atomic E-state index is 0.00290. The number of carbonyl (C=O) groups is 2. The van der Waals surface area contributed by atoms with E-state index in [9.17, 15) is 28.6 Å². The van der Waals surface area contributed by atoms with Gasteiger partial charge in [-0.1, -0.05) is 23.7 Å². The molecule has 2 aromatic carbocycles. The highest BCUT2D eigenvalue weighted by atomic mass is 35.5. The van der Waals surface area contributed by atoms with Gasteiger partial charge < -0.3 is 25.2 Å². The molecule has 11 heteroatoms. The van der Waals surface area contributed by atoms with Crippen molar-refractivity contribution in [3.63, 3.8) is 0 Å². The lowest BCUT2D eigenvalue weighted by molar-refractivity contribution is -0.145. The third-order valence-corrected chi connectivity index (χ3v) is 6.27. The Bertz CT molecular complexity index is 1250. The van der Waals surface area contributed by atoms with Crippen LogP contribution in [-0.4, -0.2) is 64.5 Å². The van der Waals surface area contributed by atoms with Gasteiger partial charge in [0.05, 0.1) is 30.2 Å². The van der Waals surface area contributed by atoms with Crippen molar-refractivity contribution < 1.29 is 33.3 Å². The molecule has 0 aliphatic heterocycles. The number of hydrogen-bond acceptors (Lipinski definition) is 6. The number of urea groups is 1. The van der Waals surface area contributed by atoms with Gasteiger partial charge in [0.1, 0.15) is 18.2 Å². The van der Waals surface area contributed by atoms with E-state index in [0.29, 0.717) is 16.6 Å². The summed E-state index contributed by atoms with van der Waals surface area (Å²) in [7, 11) is 1.45. The van der Waals surface area contributed by atoms with Crippen LogP contribution in [0.4, 0.5) is 13.6 Å². The van der Waals surface area contributed by atoms with E-state index in [0.717, 1.165) is 5.39 Å². The van der Waals surface area contributed by atoms with Crippen molar-refractivity contribution in [2.75, 3.05) is 20.3 Å². The molecule has 0 fully saturated rings. The van der Waals surface area contributed by atoms with Gasteiger partial charge in [-0.25, -0.2) is 13.6 Å². The first kappa shape index (κ1) is 28.2. The number of nitrogens with one attached hydrogen (secondary N) is 1. The van der Waals surface area contributed by atoms with E-state index >= 15 is 0 Å². The maximum atomic E-state index is 13.6. The number of nitrogens with zero attached hydrogens (tertiary/aromatic N) is 2. The molecule has 0 saturated heterocycles. The van der Waals surface area contributed by atoms with Crippen LogP contribution in [0.1, 0.15) is 24.1 Å². The molecule has 198 valence electrons. The van der Waals surface area contributed by atoms with Crippen LogP contribution in [-0.2, 0) is 22.5 Å². The fraction of sp³-hybridized carbons (Fsp3) is 0.346. The number of aromatic nitrogens is 1. The molecule has 0 radical (unpaired) electrons. The maximum Gasteiger partial charge on any atom is 0.317 e. The van der Waals surface area contributed by atoms with E-state index in [1.165, 1.54) is 36.2 Å².